The van der Waals surface area contributed by atoms with Crippen LogP contribution >= 0.6 is 0 Å². The molecule has 0 aliphatic carbocycles. The average molecular weight is 376 g/mol. The van der Waals surface area contributed by atoms with Gasteiger partial charge in [-0.2, -0.15) is 0 Å². The van der Waals surface area contributed by atoms with Gasteiger partial charge in [-0.3, -0.25) is 0 Å². The third-order valence-corrected chi connectivity index (χ3v) is 4.32. The Balaban J connectivity index is 1.61. The van der Waals surface area contributed by atoms with Crippen LogP contribution in [0.25, 0.3) is 6.08 Å². The van der Waals surface area contributed by atoms with Gasteiger partial charge in [-0.1, -0.05) is 36.9 Å². The molecule has 0 heterocycles. The SMILES string of the molecule is C=Cc1cc(OCc2ccc(OC)cc2)ccc1OCc1ccc(OC)cc1. The smallest absolute Gasteiger partial charge is 0.127 e. The summed E-state index contributed by atoms with van der Waals surface area (Å²) in [5, 5.41) is 0. The number of ether oxygens (including phenoxy) is 4. The maximum absolute atomic E-state index is 5.95. The van der Waals surface area contributed by atoms with Crippen molar-refractivity contribution >= 4 is 6.08 Å². The molecule has 0 aliphatic heterocycles. The van der Waals surface area contributed by atoms with E-state index in [0.717, 1.165) is 39.7 Å². The van der Waals surface area contributed by atoms with Crippen molar-refractivity contribution in [3.8, 4) is 23.0 Å². The minimum Gasteiger partial charge on any atom is -0.497 e. The topological polar surface area (TPSA) is 36.9 Å². The van der Waals surface area contributed by atoms with Crippen molar-refractivity contribution in [2.75, 3.05) is 14.2 Å². The minimum atomic E-state index is 0.469. The Morgan fingerprint density at radius 3 is 1.68 bits per heavy atom. The highest BCUT2D eigenvalue weighted by Gasteiger charge is 2.05. The highest BCUT2D eigenvalue weighted by atomic mass is 16.5. The van der Waals surface area contributed by atoms with Crippen molar-refractivity contribution in [1.29, 1.82) is 0 Å². The molecule has 0 atom stereocenters. The second-order valence-electron chi connectivity index (χ2n) is 6.18. The predicted molar refractivity (Wildman–Crippen MR) is 111 cm³/mol. The molecule has 0 aromatic heterocycles. The van der Waals surface area contributed by atoms with E-state index in [0.29, 0.717) is 13.2 Å². The molecule has 0 saturated heterocycles. The Morgan fingerprint density at radius 1 is 0.679 bits per heavy atom. The zero-order valence-corrected chi connectivity index (χ0v) is 16.2. The summed E-state index contributed by atoms with van der Waals surface area (Å²) in [6, 6.07) is 21.4. The molecule has 3 aromatic carbocycles. The van der Waals surface area contributed by atoms with Crippen LogP contribution in [0.3, 0.4) is 0 Å². The summed E-state index contributed by atoms with van der Waals surface area (Å²) in [6.07, 6.45) is 1.77. The van der Waals surface area contributed by atoms with Gasteiger partial charge in [0.1, 0.15) is 36.2 Å². The fourth-order valence-corrected chi connectivity index (χ4v) is 2.68. The van der Waals surface area contributed by atoms with Crippen LogP contribution < -0.4 is 18.9 Å². The molecular weight excluding hydrogens is 352 g/mol. The molecule has 0 fully saturated rings. The minimum absolute atomic E-state index is 0.469. The fraction of sp³-hybridized carbons (Fsp3) is 0.167. The first kappa shape index (κ1) is 19.4. The van der Waals surface area contributed by atoms with E-state index in [1.165, 1.54) is 0 Å². The third-order valence-electron chi connectivity index (χ3n) is 4.32. The van der Waals surface area contributed by atoms with Gasteiger partial charge in [0.2, 0.25) is 0 Å². The summed E-state index contributed by atoms with van der Waals surface area (Å²) in [4.78, 5) is 0. The van der Waals surface area contributed by atoms with Gasteiger partial charge in [-0.25, -0.2) is 0 Å². The predicted octanol–water partition coefficient (Wildman–Crippen LogP) is 5.50. The molecule has 144 valence electrons. The van der Waals surface area contributed by atoms with Crippen molar-refractivity contribution in [1.82, 2.24) is 0 Å². The van der Waals surface area contributed by atoms with E-state index >= 15 is 0 Å². The third kappa shape index (κ3) is 5.07. The van der Waals surface area contributed by atoms with Crippen LogP contribution in [0, 0.1) is 0 Å². The van der Waals surface area contributed by atoms with E-state index < -0.39 is 0 Å². The first-order valence-electron chi connectivity index (χ1n) is 9.00. The van der Waals surface area contributed by atoms with Gasteiger partial charge in [-0.05, 0) is 53.6 Å². The molecule has 0 amide bonds. The highest BCUT2D eigenvalue weighted by Crippen LogP contribution is 2.27. The molecule has 0 bridgehead atoms. The molecule has 0 N–H and O–H groups in total. The lowest BCUT2D eigenvalue weighted by Crippen LogP contribution is -1.99. The van der Waals surface area contributed by atoms with E-state index in [-0.39, 0.29) is 0 Å². The zero-order chi connectivity index (χ0) is 19.8. The monoisotopic (exact) mass is 376 g/mol. The molecule has 0 radical (unpaired) electrons. The first-order chi connectivity index (χ1) is 13.7. The lowest BCUT2D eigenvalue weighted by molar-refractivity contribution is 0.296. The highest BCUT2D eigenvalue weighted by molar-refractivity contribution is 5.58. The Kier molecular flexibility index (Phi) is 6.58. The van der Waals surface area contributed by atoms with Gasteiger partial charge < -0.3 is 18.9 Å². The maximum Gasteiger partial charge on any atom is 0.127 e. The summed E-state index contributed by atoms with van der Waals surface area (Å²) in [6.45, 7) is 4.83. The molecule has 28 heavy (non-hydrogen) atoms. The quantitative estimate of drug-likeness (QED) is 0.494. The molecule has 0 aliphatic rings. The van der Waals surface area contributed by atoms with Crippen LogP contribution in [0.15, 0.2) is 73.3 Å². The van der Waals surface area contributed by atoms with Gasteiger partial charge in [0, 0.05) is 5.56 Å². The van der Waals surface area contributed by atoms with Crippen LogP contribution in [0.5, 0.6) is 23.0 Å². The summed E-state index contributed by atoms with van der Waals surface area (Å²) < 4.78 is 22.2. The van der Waals surface area contributed by atoms with Gasteiger partial charge in [-0.15, -0.1) is 0 Å². The number of hydrogen-bond acceptors (Lipinski definition) is 4. The Labute approximate surface area is 165 Å². The van der Waals surface area contributed by atoms with Gasteiger partial charge >= 0.3 is 0 Å². The van der Waals surface area contributed by atoms with E-state index in [9.17, 15) is 0 Å². The van der Waals surface area contributed by atoms with Gasteiger partial charge in [0.05, 0.1) is 14.2 Å². The summed E-state index contributed by atoms with van der Waals surface area (Å²) in [7, 11) is 3.31. The van der Waals surface area contributed by atoms with Crippen molar-refractivity contribution < 1.29 is 18.9 Å². The summed E-state index contributed by atoms with van der Waals surface area (Å²) in [5.41, 5.74) is 3.03. The van der Waals surface area contributed by atoms with Crippen LogP contribution in [-0.2, 0) is 13.2 Å². The molecule has 4 heteroatoms. The van der Waals surface area contributed by atoms with Crippen molar-refractivity contribution in [3.63, 3.8) is 0 Å². The first-order valence-corrected chi connectivity index (χ1v) is 9.00. The Morgan fingerprint density at radius 2 is 1.18 bits per heavy atom. The fourth-order valence-electron chi connectivity index (χ4n) is 2.68. The number of benzene rings is 3. The van der Waals surface area contributed by atoms with E-state index in [1.807, 2.05) is 66.7 Å². The van der Waals surface area contributed by atoms with Crippen molar-refractivity contribution in [2.24, 2.45) is 0 Å². The molecular formula is C24H24O4. The molecule has 4 nitrogen and oxygen atoms in total. The second-order valence-corrected chi connectivity index (χ2v) is 6.18. The van der Waals surface area contributed by atoms with Crippen LogP contribution in [-0.4, -0.2) is 14.2 Å². The zero-order valence-electron chi connectivity index (χ0n) is 16.2. The largest absolute Gasteiger partial charge is 0.497 e. The van der Waals surface area contributed by atoms with Gasteiger partial charge in [0.25, 0.3) is 0 Å². The van der Waals surface area contributed by atoms with Crippen LogP contribution in [0.4, 0.5) is 0 Å². The van der Waals surface area contributed by atoms with Crippen molar-refractivity contribution in [3.05, 3.63) is 90.0 Å². The molecule has 0 spiro atoms. The summed E-state index contributed by atoms with van der Waals surface area (Å²) >= 11 is 0. The van der Waals surface area contributed by atoms with Crippen molar-refractivity contribution in [2.45, 2.75) is 13.2 Å². The summed E-state index contributed by atoms with van der Waals surface area (Å²) in [5.74, 6) is 3.19. The molecule has 0 saturated carbocycles. The normalized spacial score (nSPS) is 10.2. The molecule has 0 unspecified atom stereocenters. The number of hydrogen-bond donors (Lipinski definition) is 0. The maximum atomic E-state index is 5.95. The standard InChI is InChI=1S/C24H24O4/c1-4-20-15-23(27-16-18-5-9-21(25-2)10-6-18)13-14-24(20)28-17-19-7-11-22(26-3)12-8-19/h4-15H,1,16-17H2,2-3H3. The van der Waals surface area contributed by atoms with Crippen LogP contribution in [0.2, 0.25) is 0 Å². The Hall–Kier alpha value is -3.40. The lowest BCUT2D eigenvalue weighted by Gasteiger charge is -2.12. The average Bonchev–Trinajstić information content (AvgIpc) is 2.77. The lowest BCUT2D eigenvalue weighted by atomic mass is 10.2. The van der Waals surface area contributed by atoms with Crippen LogP contribution in [0.1, 0.15) is 16.7 Å². The number of rotatable bonds is 9. The molecule has 3 aromatic rings. The Bertz CT molecular complexity index is 899. The van der Waals surface area contributed by atoms with E-state index in [1.54, 1.807) is 20.3 Å². The van der Waals surface area contributed by atoms with E-state index in [2.05, 4.69) is 6.58 Å². The van der Waals surface area contributed by atoms with E-state index in [4.69, 9.17) is 18.9 Å². The second kappa shape index (κ2) is 9.51. The van der Waals surface area contributed by atoms with Gasteiger partial charge in [0.15, 0.2) is 0 Å². The molecule has 3 rings (SSSR count). The number of methoxy groups -OCH3 is 2.